The van der Waals surface area contributed by atoms with Gasteiger partial charge in [0.2, 0.25) is 17.7 Å². The summed E-state index contributed by atoms with van der Waals surface area (Å²) in [5, 5.41) is 25.2. The molecule has 14 nitrogen and oxygen atoms in total. The fourth-order valence-corrected chi connectivity index (χ4v) is 2.70. The Morgan fingerprint density at radius 3 is 1.82 bits per heavy atom. The van der Waals surface area contributed by atoms with E-state index in [1.165, 1.54) is 6.92 Å². The highest BCUT2D eigenvalue weighted by Gasteiger charge is 2.31. The Balaban J connectivity index is 5.49. The summed E-state index contributed by atoms with van der Waals surface area (Å²) in [6, 6.07) is -4.79. The number of carboxylic acid groups (broad SMARTS) is 2. The predicted octanol–water partition coefficient (Wildman–Crippen LogP) is -2.55. The topological polar surface area (TPSA) is 252 Å². The molecule has 0 aliphatic carbocycles. The number of aliphatic imine (C=N–C) groups is 1. The van der Waals surface area contributed by atoms with Crippen LogP contribution in [0.2, 0.25) is 0 Å². The fourth-order valence-electron chi connectivity index (χ4n) is 2.70. The maximum atomic E-state index is 12.9. The molecule has 4 unspecified atom stereocenters. The molecule has 0 aliphatic rings. The van der Waals surface area contributed by atoms with Crippen LogP contribution >= 0.6 is 0 Å². The number of carbonyl (C=O) groups is 5. The van der Waals surface area contributed by atoms with Gasteiger partial charge in [-0.15, -0.1) is 0 Å². The molecular formula is C19H35N7O7. The van der Waals surface area contributed by atoms with E-state index in [1.807, 2.05) is 0 Å². The highest BCUT2D eigenvalue weighted by Crippen LogP contribution is 2.08. The van der Waals surface area contributed by atoms with E-state index in [0.717, 1.165) is 0 Å². The Kier molecular flexibility index (Phi) is 13.1. The van der Waals surface area contributed by atoms with E-state index in [9.17, 15) is 24.0 Å². The van der Waals surface area contributed by atoms with E-state index in [4.69, 9.17) is 27.4 Å². The summed E-state index contributed by atoms with van der Waals surface area (Å²) >= 11 is 0. The van der Waals surface area contributed by atoms with Gasteiger partial charge in [0.05, 0.1) is 12.5 Å². The van der Waals surface area contributed by atoms with Crippen molar-refractivity contribution in [3.63, 3.8) is 0 Å². The second-order valence-electron chi connectivity index (χ2n) is 7.99. The highest BCUT2D eigenvalue weighted by atomic mass is 16.4. The molecule has 0 bridgehead atoms. The molecule has 11 N–H and O–H groups in total. The predicted molar refractivity (Wildman–Crippen MR) is 119 cm³/mol. The Morgan fingerprint density at radius 2 is 1.36 bits per heavy atom. The first-order valence-electron chi connectivity index (χ1n) is 10.4. The lowest BCUT2D eigenvalue weighted by Crippen LogP contribution is -2.57. The number of hydrogen-bond acceptors (Lipinski definition) is 7. The van der Waals surface area contributed by atoms with Crippen LogP contribution in [0.5, 0.6) is 0 Å². The van der Waals surface area contributed by atoms with E-state index >= 15 is 0 Å². The van der Waals surface area contributed by atoms with Crippen LogP contribution in [-0.2, 0) is 24.0 Å². The highest BCUT2D eigenvalue weighted by molar-refractivity contribution is 5.94. The first-order valence-corrected chi connectivity index (χ1v) is 10.4. The molecule has 0 radical (unpaired) electrons. The van der Waals surface area contributed by atoms with Gasteiger partial charge >= 0.3 is 11.9 Å². The van der Waals surface area contributed by atoms with Gasteiger partial charge in [0.15, 0.2) is 5.96 Å². The van der Waals surface area contributed by atoms with Crippen LogP contribution in [0.25, 0.3) is 0 Å². The minimum Gasteiger partial charge on any atom is -0.481 e. The van der Waals surface area contributed by atoms with Gasteiger partial charge in [-0.25, -0.2) is 4.79 Å². The van der Waals surface area contributed by atoms with Gasteiger partial charge in [0.25, 0.3) is 0 Å². The van der Waals surface area contributed by atoms with Gasteiger partial charge < -0.3 is 43.4 Å². The Morgan fingerprint density at radius 1 is 0.848 bits per heavy atom. The summed E-state index contributed by atoms with van der Waals surface area (Å²) in [6.45, 7) is 5.20. The summed E-state index contributed by atoms with van der Waals surface area (Å²) in [4.78, 5) is 63.5. The summed E-state index contributed by atoms with van der Waals surface area (Å²) in [5.74, 6) is -5.28. The van der Waals surface area contributed by atoms with Crippen LogP contribution < -0.4 is 33.2 Å². The number of nitrogens with two attached hydrogens (primary N) is 3. The lowest BCUT2D eigenvalue weighted by Gasteiger charge is -2.25. The quantitative estimate of drug-likeness (QED) is 0.0701. The number of nitrogens with one attached hydrogen (secondary N) is 3. The van der Waals surface area contributed by atoms with E-state index < -0.39 is 60.2 Å². The second-order valence-corrected chi connectivity index (χ2v) is 7.99. The molecular weight excluding hydrogens is 438 g/mol. The number of hydrogen-bond donors (Lipinski definition) is 8. The largest absolute Gasteiger partial charge is 0.481 e. The number of guanidine groups is 1. The number of carboxylic acids is 2. The zero-order valence-electron chi connectivity index (χ0n) is 19.0. The third-order valence-corrected chi connectivity index (χ3v) is 4.33. The summed E-state index contributed by atoms with van der Waals surface area (Å²) in [7, 11) is 0. The van der Waals surface area contributed by atoms with Crippen molar-refractivity contribution in [1.29, 1.82) is 0 Å². The minimum absolute atomic E-state index is 0.0808. The average molecular weight is 474 g/mol. The molecule has 3 amide bonds. The number of aliphatic carboxylic acids is 2. The van der Waals surface area contributed by atoms with Crippen LogP contribution in [0.4, 0.5) is 0 Å². The third-order valence-electron chi connectivity index (χ3n) is 4.33. The molecule has 0 saturated carbocycles. The molecule has 0 rings (SSSR count). The maximum absolute atomic E-state index is 12.9. The van der Waals surface area contributed by atoms with Crippen molar-refractivity contribution in [2.75, 3.05) is 6.54 Å². The number of carbonyl (C=O) groups excluding carboxylic acids is 3. The molecule has 0 heterocycles. The van der Waals surface area contributed by atoms with Crippen molar-refractivity contribution in [2.45, 2.75) is 70.6 Å². The fraction of sp³-hybridized carbons (Fsp3) is 0.684. The van der Waals surface area contributed by atoms with E-state index in [0.29, 0.717) is 6.42 Å². The van der Waals surface area contributed by atoms with Crippen molar-refractivity contribution in [3.8, 4) is 0 Å². The van der Waals surface area contributed by atoms with Crippen LogP contribution in [0.1, 0.15) is 46.5 Å². The van der Waals surface area contributed by atoms with Gasteiger partial charge in [-0.05, 0) is 32.1 Å². The van der Waals surface area contributed by atoms with Crippen LogP contribution in [0.3, 0.4) is 0 Å². The average Bonchev–Trinajstić information content (AvgIpc) is 2.67. The van der Waals surface area contributed by atoms with Crippen LogP contribution in [-0.4, -0.2) is 76.5 Å². The van der Waals surface area contributed by atoms with E-state index in [2.05, 4.69) is 20.9 Å². The molecule has 0 spiro atoms. The summed E-state index contributed by atoms with van der Waals surface area (Å²) in [6.07, 6.45) is -0.232. The Hall–Kier alpha value is -3.42. The first kappa shape index (κ1) is 29.6. The van der Waals surface area contributed by atoms with Crippen LogP contribution in [0.15, 0.2) is 4.99 Å². The zero-order chi connectivity index (χ0) is 25.7. The molecule has 33 heavy (non-hydrogen) atoms. The van der Waals surface area contributed by atoms with Crippen molar-refractivity contribution in [2.24, 2.45) is 28.1 Å². The standard InChI is InChI=1S/C19H35N7O7/c1-9(2)7-12(17(31)26-13(18(32)33)8-14(27)28)25-16(30)11(24-15(29)10(3)20)5-4-6-23-19(21)22/h9-13H,4-8,20H2,1-3H3,(H,24,29)(H,25,30)(H,26,31)(H,27,28)(H,32,33)(H4,21,22,23). The second kappa shape index (κ2) is 14.6. The molecule has 0 aliphatic heterocycles. The molecule has 0 aromatic heterocycles. The monoisotopic (exact) mass is 473 g/mol. The molecule has 188 valence electrons. The van der Waals surface area contributed by atoms with E-state index in [1.54, 1.807) is 13.8 Å². The van der Waals surface area contributed by atoms with E-state index in [-0.39, 0.29) is 31.3 Å². The lowest BCUT2D eigenvalue weighted by atomic mass is 10.0. The third kappa shape index (κ3) is 12.9. The molecule has 0 fully saturated rings. The maximum Gasteiger partial charge on any atom is 0.326 e. The smallest absolute Gasteiger partial charge is 0.326 e. The Labute approximate surface area is 191 Å². The first-order chi connectivity index (χ1) is 15.2. The van der Waals surface area contributed by atoms with Crippen molar-refractivity contribution < 1.29 is 34.2 Å². The molecule has 14 heteroatoms. The molecule has 4 atom stereocenters. The molecule has 0 aromatic rings. The number of rotatable bonds is 15. The van der Waals surface area contributed by atoms with Gasteiger partial charge in [0.1, 0.15) is 18.1 Å². The SMILES string of the molecule is CC(C)CC(NC(=O)C(CCCN=C(N)N)NC(=O)C(C)N)C(=O)NC(CC(=O)O)C(=O)O. The Bertz CT molecular complexity index is 736. The zero-order valence-corrected chi connectivity index (χ0v) is 19.0. The molecule has 0 saturated heterocycles. The van der Waals surface area contributed by atoms with Gasteiger partial charge in [-0.2, -0.15) is 0 Å². The number of nitrogens with zero attached hydrogens (tertiary/aromatic N) is 1. The van der Waals surface area contributed by atoms with Crippen molar-refractivity contribution >= 4 is 35.6 Å². The number of amides is 3. The van der Waals surface area contributed by atoms with Crippen LogP contribution in [0, 0.1) is 5.92 Å². The summed E-state index contributed by atoms with van der Waals surface area (Å²) in [5.41, 5.74) is 16.1. The van der Waals surface area contributed by atoms with Gasteiger partial charge in [-0.1, -0.05) is 13.8 Å². The molecule has 0 aromatic carbocycles. The van der Waals surface area contributed by atoms with Crippen molar-refractivity contribution in [1.82, 2.24) is 16.0 Å². The van der Waals surface area contributed by atoms with Crippen molar-refractivity contribution in [3.05, 3.63) is 0 Å². The normalized spacial score (nSPS) is 14.3. The lowest BCUT2D eigenvalue weighted by molar-refractivity contribution is -0.147. The summed E-state index contributed by atoms with van der Waals surface area (Å²) < 4.78 is 0. The van der Waals surface area contributed by atoms with Gasteiger partial charge in [-0.3, -0.25) is 24.2 Å². The van der Waals surface area contributed by atoms with Gasteiger partial charge in [0, 0.05) is 6.54 Å². The minimum atomic E-state index is -1.67.